The Morgan fingerprint density at radius 1 is 1.12 bits per heavy atom. The number of hydrogen-bond acceptors (Lipinski definition) is 3. The second-order valence-corrected chi connectivity index (χ2v) is 7.20. The third-order valence-corrected chi connectivity index (χ3v) is 5.21. The van der Waals surface area contributed by atoms with E-state index in [9.17, 15) is 9.59 Å². The van der Waals surface area contributed by atoms with Crippen molar-refractivity contribution in [3.63, 3.8) is 0 Å². The second kappa shape index (κ2) is 7.04. The molecule has 1 aromatic carbocycles. The predicted octanol–water partition coefficient (Wildman–Crippen LogP) is 2.68. The number of rotatable bonds is 3. The summed E-state index contributed by atoms with van der Waals surface area (Å²) >= 11 is 0. The first-order valence-corrected chi connectivity index (χ1v) is 9.30. The fourth-order valence-corrected chi connectivity index (χ4v) is 3.65. The van der Waals surface area contributed by atoms with Crippen molar-refractivity contribution in [2.75, 3.05) is 30.0 Å². The van der Waals surface area contributed by atoms with Crippen LogP contribution in [0.1, 0.15) is 37.7 Å². The van der Waals surface area contributed by atoms with Crippen molar-refractivity contribution in [3.8, 4) is 0 Å². The number of amides is 3. The zero-order valence-corrected chi connectivity index (χ0v) is 14.4. The molecule has 1 saturated heterocycles. The zero-order valence-electron chi connectivity index (χ0n) is 14.4. The van der Waals surface area contributed by atoms with E-state index in [-0.39, 0.29) is 23.9 Å². The van der Waals surface area contributed by atoms with Crippen molar-refractivity contribution < 1.29 is 14.3 Å². The summed E-state index contributed by atoms with van der Waals surface area (Å²) < 4.78 is 5.31. The molecule has 0 unspecified atom stereocenters. The number of hydrogen-bond donors (Lipinski definition) is 2. The summed E-state index contributed by atoms with van der Waals surface area (Å²) in [6, 6.07) is 5.87. The maximum atomic E-state index is 12.4. The van der Waals surface area contributed by atoms with Crippen molar-refractivity contribution in [3.05, 3.63) is 23.8 Å². The van der Waals surface area contributed by atoms with Crippen molar-refractivity contribution in [1.82, 2.24) is 5.32 Å². The van der Waals surface area contributed by atoms with E-state index in [2.05, 4.69) is 10.6 Å². The van der Waals surface area contributed by atoms with Gasteiger partial charge in [-0.2, -0.15) is 0 Å². The van der Waals surface area contributed by atoms with Crippen molar-refractivity contribution >= 4 is 23.3 Å². The quantitative estimate of drug-likeness (QED) is 0.886. The fraction of sp³-hybridized carbons (Fsp3) is 0.579. The lowest BCUT2D eigenvalue weighted by Gasteiger charge is -2.30. The Bertz CT molecular complexity index is 666. The van der Waals surface area contributed by atoms with E-state index in [0.29, 0.717) is 13.2 Å². The van der Waals surface area contributed by atoms with Gasteiger partial charge < -0.3 is 20.3 Å². The van der Waals surface area contributed by atoms with Crippen molar-refractivity contribution in [1.29, 1.82) is 0 Å². The molecule has 2 aliphatic heterocycles. The molecule has 134 valence electrons. The maximum Gasteiger partial charge on any atom is 0.319 e. The topological polar surface area (TPSA) is 70.7 Å². The van der Waals surface area contributed by atoms with Gasteiger partial charge in [-0.05, 0) is 62.3 Å². The molecule has 0 atom stereocenters. The number of aryl methyl sites for hydroxylation is 1. The average Bonchev–Trinajstić information content (AvgIpc) is 3.46. The Kier molecular flexibility index (Phi) is 4.61. The lowest BCUT2D eigenvalue weighted by Crippen LogP contribution is -2.41. The van der Waals surface area contributed by atoms with Gasteiger partial charge in [0.15, 0.2) is 0 Å². The first kappa shape index (κ1) is 16.4. The molecule has 6 nitrogen and oxygen atoms in total. The van der Waals surface area contributed by atoms with Crippen LogP contribution >= 0.6 is 0 Å². The molecule has 2 N–H and O–H groups in total. The Morgan fingerprint density at radius 2 is 1.92 bits per heavy atom. The molecule has 0 radical (unpaired) electrons. The third-order valence-electron chi connectivity index (χ3n) is 5.21. The van der Waals surface area contributed by atoms with Crippen molar-refractivity contribution in [2.24, 2.45) is 5.92 Å². The average molecular weight is 343 g/mol. The highest BCUT2D eigenvalue weighted by atomic mass is 16.5. The number of anilines is 2. The number of benzene rings is 1. The number of ether oxygens (including phenoxy) is 1. The molecule has 6 heteroatoms. The Labute approximate surface area is 147 Å². The minimum absolute atomic E-state index is 0.173. The van der Waals surface area contributed by atoms with Gasteiger partial charge in [0.25, 0.3) is 0 Å². The van der Waals surface area contributed by atoms with Gasteiger partial charge in [-0.25, -0.2) is 4.79 Å². The van der Waals surface area contributed by atoms with Gasteiger partial charge in [-0.1, -0.05) is 0 Å². The summed E-state index contributed by atoms with van der Waals surface area (Å²) in [5.41, 5.74) is 2.94. The first-order chi connectivity index (χ1) is 12.2. The normalized spacial score (nSPS) is 20.7. The minimum Gasteiger partial charge on any atom is -0.381 e. The first-order valence-electron chi connectivity index (χ1n) is 9.30. The number of fused-ring (bicyclic) bond motifs is 1. The number of carbonyl (C=O) groups excluding carboxylic acids is 2. The van der Waals surface area contributed by atoms with Gasteiger partial charge in [0.2, 0.25) is 5.91 Å². The molecule has 0 bridgehead atoms. The van der Waals surface area contributed by atoms with Crippen LogP contribution in [0.4, 0.5) is 16.2 Å². The smallest absolute Gasteiger partial charge is 0.319 e. The molecule has 2 fully saturated rings. The number of nitrogens with one attached hydrogen (secondary N) is 2. The lowest BCUT2D eigenvalue weighted by molar-refractivity contribution is -0.119. The Balaban J connectivity index is 1.41. The van der Waals surface area contributed by atoms with E-state index >= 15 is 0 Å². The number of urea groups is 1. The Hall–Kier alpha value is -2.08. The SMILES string of the molecule is O=C(Nc1ccc2c(c1)CCCN2C(=O)C1CC1)NC1CCOCC1. The second-order valence-electron chi connectivity index (χ2n) is 7.20. The largest absolute Gasteiger partial charge is 0.381 e. The van der Waals surface area contributed by atoms with Crippen LogP contribution in [0.25, 0.3) is 0 Å². The standard InChI is InChI=1S/C19H25N3O3/c23-18(13-3-4-13)22-9-1-2-14-12-16(5-6-17(14)22)21-19(24)20-15-7-10-25-11-8-15/h5-6,12-13,15H,1-4,7-11H2,(H2,20,21,24). The predicted molar refractivity (Wildman–Crippen MR) is 95.8 cm³/mol. The summed E-state index contributed by atoms with van der Waals surface area (Å²) in [6.07, 6.45) is 5.68. The third kappa shape index (κ3) is 3.79. The molecule has 2 heterocycles. The highest BCUT2D eigenvalue weighted by Crippen LogP contribution is 2.36. The number of carbonyl (C=O) groups is 2. The molecule has 0 spiro atoms. The van der Waals surface area contributed by atoms with Crippen LogP contribution in [0.5, 0.6) is 0 Å². The monoisotopic (exact) mass is 343 g/mol. The van der Waals surface area contributed by atoms with Gasteiger partial charge in [-0.3, -0.25) is 4.79 Å². The molecule has 3 amide bonds. The molecular weight excluding hydrogens is 318 g/mol. The van der Waals surface area contributed by atoms with Gasteiger partial charge in [0.05, 0.1) is 0 Å². The molecule has 4 rings (SSSR count). The van der Waals surface area contributed by atoms with Gasteiger partial charge >= 0.3 is 6.03 Å². The summed E-state index contributed by atoms with van der Waals surface area (Å²) in [6.45, 7) is 2.21. The number of nitrogens with zero attached hydrogens (tertiary/aromatic N) is 1. The van der Waals surface area contributed by atoms with Crippen LogP contribution in [-0.2, 0) is 16.0 Å². The van der Waals surface area contributed by atoms with Crippen LogP contribution in [0.15, 0.2) is 18.2 Å². The summed E-state index contributed by atoms with van der Waals surface area (Å²) in [4.78, 5) is 26.6. The molecule has 3 aliphatic rings. The van der Waals surface area contributed by atoms with E-state index in [1.165, 1.54) is 0 Å². The highest BCUT2D eigenvalue weighted by molar-refractivity contribution is 5.98. The summed E-state index contributed by atoms with van der Waals surface area (Å²) in [5, 5.41) is 5.93. The maximum absolute atomic E-state index is 12.4. The highest BCUT2D eigenvalue weighted by Gasteiger charge is 2.35. The van der Waals surface area contributed by atoms with E-state index in [1.54, 1.807) is 0 Å². The molecule has 1 saturated carbocycles. The van der Waals surface area contributed by atoms with Gasteiger partial charge in [-0.15, -0.1) is 0 Å². The zero-order chi connectivity index (χ0) is 17.2. The summed E-state index contributed by atoms with van der Waals surface area (Å²) in [5.74, 6) is 0.493. The van der Waals surface area contributed by atoms with Crippen LogP contribution < -0.4 is 15.5 Å². The van der Waals surface area contributed by atoms with Crippen LogP contribution in [-0.4, -0.2) is 37.7 Å². The van der Waals surface area contributed by atoms with E-state index in [1.807, 2.05) is 23.1 Å². The summed E-state index contributed by atoms with van der Waals surface area (Å²) in [7, 11) is 0. The van der Waals surface area contributed by atoms with Crippen LogP contribution in [0.2, 0.25) is 0 Å². The van der Waals surface area contributed by atoms with E-state index in [4.69, 9.17) is 4.74 Å². The van der Waals surface area contributed by atoms with Gasteiger partial charge in [0.1, 0.15) is 0 Å². The van der Waals surface area contributed by atoms with Crippen molar-refractivity contribution in [2.45, 2.75) is 44.6 Å². The molecular formula is C19H25N3O3. The van der Waals surface area contributed by atoms with Crippen LogP contribution in [0.3, 0.4) is 0 Å². The van der Waals surface area contributed by atoms with E-state index < -0.39 is 0 Å². The van der Waals surface area contributed by atoms with E-state index in [0.717, 1.165) is 62.0 Å². The molecule has 0 aromatic heterocycles. The molecule has 1 aromatic rings. The lowest BCUT2D eigenvalue weighted by atomic mass is 10.0. The minimum atomic E-state index is -0.173. The molecule has 1 aliphatic carbocycles. The van der Waals surface area contributed by atoms with Gasteiger partial charge in [0, 0.05) is 43.1 Å². The fourth-order valence-electron chi connectivity index (χ4n) is 3.65. The molecule has 25 heavy (non-hydrogen) atoms. The Morgan fingerprint density at radius 3 is 2.68 bits per heavy atom. The van der Waals surface area contributed by atoms with Crippen LogP contribution in [0, 0.1) is 5.92 Å².